The summed E-state index contributed by atoms with van der Waals surface area (Å²) < 4.78 is 0. The third kappa shape index (κ3) is 3.87. The lowest BCUT2D eigenvalue weighted by molar-refractivity contribution is -0.133. The lowest BCUT2D eigenvalue weighted by Crippen LogP contribution is -2.47. The number of rotatable bonds is 4. The van der Waals surface area contributed by atoms with Gasteiger partial charge in [-0.05, 0) is 25.1 Å². The van der Waals surface area contributed by atoms with Gasteiger partial charge in [0.2, 0.25) is 11.8 Å². The van der Waals surface area contributed by atoms with Crippen molar-refractivity contribution in [3.05, 3.63) is 29.8 Å². The van der Waals surface area contributed by atoms with E-state index in [2.05, 4.69) is 31.9 Å². The zero-order valence-electron chi connectivity index (χ0n) is 15.6. The molecule has 0 spiro atoms. The van der Waals surface area contributed by atoms with Crippen LogP contribution in [0.1, 0.15) is 38.7 Å². The Balaban J connectivity index is 1.59. The average Bonchev–Trinajstić information content (AvgIpc) is 2.58. The van der Waals surface area contributed by atoms with E-state index >= 15 is 0 Å². The first kappa shape index (κ1) is 17.9. The van der Waals surface area contributed by atoms with Gasteiger partial charge in [-0.3, -0.25) is 9.59 Å². The third-order valence-corrected chi connectivity index (χ3v) is 5.45. The predicted molar refractivity (Wildman–Crippen MR) is 99.7 cm³/mol. The molecule has 1 aromatic rings. The van der Waals surface area contributed by atoms with Crippen LogP contribution in [0.15, 0.2) is 24.3 Å². The molecule has 136 valence electrons. The highest BCUT2D eigenvalue weighted by Crippen LogP contribution is 2.39. The van der Waals surface area contributed by atoms with E-state index < -0.39 is 0 Å². The van der Waals surface area contributed by atoms with Gasteiger partial charge < -0.3 is 14.7 Å². The van der Waals surface area contributed by atoms with Crippen molar-refractivity contribution in [3.63, 3.8) is 0 Å². The molecule has 1 saturated heterocycles. The summed E-state index contributed by atoms with van der Waals surface area (Å²) in [6.45, 7) is 8.38. The monoisotopic (exact) mass is 343 g/mol. The molecule has 0 saturated carbocycles. The summed E-state index contributed by atoms with van der Waals surface area (Å²) in [6, 6.07) is 8.15. The average molecular weight is 343 g/mol. The van der Waals surface area contributed by atoms with E-state index in [1.165, 1.54) is 5.56 Å². The molecule has 0 atom stereocenters. The molecule has 0 radical (unpaired) electrons. The van der Waals surface area contributed by atoms with Crippen molar-refractivity contribution in [2.75, 3.05) is 44.7 Å². The van der Waals surface area contributed by atoms with Gasteiger partial charge in [0, 0.05) is 56.7 Å². The minimum atomic E-state index is -0.125. The van der Waals surface area contributed by atoms with Crippen LogP contribution in [0.5, 0.6) is 0 Å². The molecule has 1 fully saturated rings. The number of fused-ring (bicyclic) bond motifs is 1. The molecule has 5 heteroatoms. The number of para-hydroxylation sites is 1. The van der Waals surface area contributed by atoms with Crippen LogP contribution in [0.3, 0.4) is 0 Å². The van der Waals surface area contributed by atoms with E-state index in [-0.39, 0.29) is 17.2 Å². The molecule has 2 amide bonds. The number of hydrogen-bond donors (Lipinski definition) is 0. The van der Waals surface area contributed by atoms with Gasteiger partial charge in [0.05, 0.1) is 0 Å². The summed E-state index contributed by atoms with van der Waals surface area (Å²) in [4.78, 5) is 31.1. The van der Waals surface area contributed by atoms with Crippen LogP contribution < -0.4 is 4.90 Å². The standard InChI is InChI=1S/C20H29N3O2/c1-20(2)15-19(25)23(17-8-5-4-7-16(17)20)10-6-9-18(24)22-13-11-21(3)12-14-22/h4-5,7-8H,6,9-15H2,1-3H3. The smallest absolute Gasteiger partial charge is 0.227 e. The number of hydrogen-bond acceptors (Lipinski definition) is 3. The number of piperazine rings is 1. The number of likely N-dealkylation sites (N-methyl/N-ethyl adjacent to an activating group) is 1. The van der Waals surface area contributed by atoms with E-state index in [0.29, 0.717) is 25.8 Å². The molecule has 0 aliphatic carbocycles. The maximum Gasteiger partial charge on any atom is 0.227 e. The molecular formula is C20H29N3O2. The maximum absolute atomic E-state index is 12.6. The fraction of sp³-hybridized carbons (Fsp3) is 0.600. The van der Waals surface area contributed by atoms with Gasteiger partial charge in [-0.1, -0.05) is 32.0 Å². The third-order valence-electron chi connectivity index (χ3n) is 5.45. The first-order chi connectivity index (χ1) is 11.9. The van der Waals surface area contributed by atoms with Crippen molar-refractivity contribution in [3.8, 4) is 0 Å². The van der Waals surface area contributed by atoms with E-state index in [4.69, 9.17) is 0 Å². The number of benzene rings is 1. The van der Waals surface area contributed by atoms with Crippen LogP contribution in [0.4, 0.5) is 5.69 Å². The van der Waals surface area contributed by atoms with Crippen LogP contribution in [-0.4, -0.2) is 61.4 Å². The van der Waals surface area contributed by atoms with E-state index in [1.54, 1.807) is 0 Å². The fourth-order valence-electron chi connectivity index (χ4n) is 3.83. The summed E-state index contributed by atoms with van der Waals surface area (Å²) in [5.74, 6) is 0.377. The van der Waals surface area contributed by atoms with Crippen molar-refractivity contribution in [1.82, 2.24) is 9.80 Å². The highest BCUT2D eigenvalue weighted by Gasteiger charge is 2.36. The summed E-state index contributed by atoms with van der Waals surface area (Å²) >= 11 is 0. The highest BCUT2D eigenvalue weighted by molar-refractivity contribution is 5.97. The van der Waals surface area contributed by atoms with Gasteiger partial charge in [0.1, 0.15) is 0 Å². The molecular weight excluding hydrogens is 314 g/mol. The van der Waals surface area contributed by atoms with Crippen LogP contribution in [-0.2, 0) is 15.0 Å². The lowest BCUT2D eigenvalue weighted by atomic mass is 9.77. The Morgan fingerprint density at radius 3 is 2.52 bits per heavy atom. The second-order valence-corrected chi connectivity index (χ2v) is 7.91. The maximum atomic E-state index is 12.6. The molecule has 0 aromatic heterocycles. The SMILES string of the molecule is CN1CCN(C(=O)CCCN2C(=O)CC(C)(C)c3ccccc32)CC1. The second kappa shape index (κ2) is 7.16. The van der Waals surface area contributed by atoms with Crippen molar-refractivity contribution in [1.29, 1.82) is 0 Å². The Morgan fingerprint density at radius 1 is 1.12 bits per heavy atom. The Bertz CT molecular complexity index is 648. The van der Waals surface area contributed by atoms with Gasteiger partial charge in [-0.25, -0.2) is 0 Å². The van der Waals surface area contributed by atoms with Gasteiger partial charge >= 0.3 is 0 Å². The number of carbonyl (C=O) groups is 2. The van der Waals surface area contributed by atoms with Gasteiger partial charge in [0.25, 0.3) is 0 Å². The first-order valence-electron chi connectivity index (χ1n) is 9.25. The lowest BCUT2D eigenvalue weighted by Gasteiger charge is -2.38. The first-order valence-corrected chi connectivity index (χ1v) is 9.25. The minimum Gasteiger partial charge on any atom is -0.340 e. The van der Waals surface area contributed by atoms with Crippen LogP contribution >= 0.6 is 0 Å². The van der Waals surface area contributed by atoms with Gasteiger partial charge in [-0.15, -0.1) is 0 Å². The van der Waals surface area contributed by atoms with E-state index in [1.807, 2.05) is 28.0 Å². The Hall–Kier alpha value is -1.88. The molecule has 25 heavy (non-hydrogen) atoms. The molecule has 0 N–H and O–H groups in total. The molecule has 0 bridgehead atoms. The molecule has 0 unspecified atom stereocenters. The van der Waals surface area contributed by atoms with E-state index in [9.17, 15) is 9.59 Å². The molecule has 3 rings (SSSR count). The normalized spacial score (nSPS) is 20.5. The number of amides is 2. The molecule has 2 aliphatic heterocycles. The van der Waals surface area contributed by atoms with E-state index in [0.717, 1.165) is 31.9 Å². The summed E-state index contributed by atoms with van der Waals surface area (Å²) in [6.07, 6.45) is 1.75. The second-order valence-electron chi connectivity index (χ2n) is 7.91. The molecule has 2 aliphatic rings. The zero-order valence-corrected chi connectivity index (χ0v) is 15.6. The topological polar surface area (TPSA) is 43.9 Å². The zero-order chi connectivity index (χ0) is 18.0. The van der Waals surface area contributed by atoms with Crippen molar-refractivity contribution in [2.45, 2.75) is 38.5 Å². The Labute approximate surface area is 150 Å². The fourth-order valence-corrected chi connectivity index (χ4v) is 3.83. The van der Waals surface area contributed by atoms with Crippen LogP contribution in [0, 0.1) is 0 Å². The number of anilines is 1. The largest absolute Gasteiger partial charge is 0.340 e. The Kier molecular flexibility index (Phi) is 5.13. The predicted octanol–water partition coefficient (Wildman–Crippen LogP) is 2.26. The van der Waals surface area contributed by atoms with Crippen LogP contribution in [0.25, 0.3) is 0 Å². The van der Waals surface area contributed by atoms with Crippen molar-refractivity contribution >= 4 is 17.5 Å². The van der Waals surface area contributed by atoms with Crippen molar-refractivity contribution < 1.29 is 9.59 Å². The quantitative estimate of drug-likeness (QED) is 0.842. The van der Waals surface area contributed by atoms with Crippen molar-refractivity contribution in [2.24, 2.45) is 0 Å². The minimum absolute atomic E-state index is 0.125. The summed E-state index contributed by atoms with van der Waals surface area (Å²) in [5.41, 5.74) is 2.11. The molecule has 1 aromatic carbocycles. The number of carbonyl (C=O) groups excluding carboxylic acids is 2. The Morgan fingerprint density at radius 2 is 1.80 bits per heavy atom. The number of nitrogens with zero attached hydrogens (tertiary/aromatic N) is 3. The van der Waals surface area contributed by atoms with Gasteiger partial charge in [0.15, 0.2) is 0 Å². The summed E-state index contributed by atoms with van der Waals surface area (Å²) in [5, 5.41) is 0. The highest BCUT2D eigenvalue weighted by atomic mass is 16.2. The van der Waals surface area contributed by atoms with Crippen LogP contribution in [0.2, 0.25) is 0 Å². The molecule has 2 heterocycles. The molecule has 5 nitrogen and oxygen atoms in total. The van der Waals surface area contributed by atoms with Gasteiger partial charge in [-0.2, -0.15) is 0 Å². The summed E-state index contributed by atoms with van der Waals surface area (Å²) in [7, 11) is 2.09.